The highest BCUT2D eigenvalue weighted by atomic mass is 16.5. The third-order valence-corrected chi connectivity index (χ3v) is 5.12. The van der Waals surface area contributed by atoms with Gasteiger partial charge in [0.25, 0.3) is 0 Å². The van der Waals surface area contributed by atoms with E-state index < -0.39 is 6.04 Å². The molecule has 3 unspecified atom stereocenters. The van der Waals surface area contributed by atoms with Crippen molar-refractivity contribution in [2.45, 2.75) is 58.1 Å². The Kier molecular flexibility index (Phi) is 5.62. The molecule has 21 heavy (non-hydrogen) atoms. The summed E-state index contributed by atoms with van der Waals surface area (Å²) in [5.41, 5.74) is 0. The largest absolute Gasteiger partial charge is 0.376 e. The average Bonchev–Trinajstić information content (AvgIpc) is 2.50. The van der Waals surface area contributed by atoms with Crippen LogP contribution in [0.25, 0.3) is 0 Å². The maximum atomic E-state index is 11.9. The SMILES string of the molecule is CNC(=O)C(NC(C)=O)C(C)OCC1CC2CCC1CC2. The number of ether oxygens (including phenoxy) is 1. The van der Waals surface area contributed by atoms with Crippen LogP contribution in [0.15, 0.2) is 0 Å². The van der Waals surface area contributed by atoms with Gasteiger partial charge in [0.15, 0.2) is 0 Å². The predicted octanol–water partition coefficient (Wildman–Crippen LogP) is 1.47. The van der Waals surface area contributed by atoms with E-state index in [2.05, 4.69) is 10.6 Å². The molecule has 3 atom stereocenters. The van der Waals surface area contributed by atoms with Crippen LogP contribution in [0.5, 0.6) is 0 Å². The number of amides is 2. The van der Waals surface area contributed by atoms with Crippen molar-refractivity contribution in [2.24, 2.45) is 17.8 Å². The molecule has 0 heterocycles. The number of rotatable bonds is 6. The fourth-order valence-electron chi connectivity index (χ4n) is 3.86. The number of nitrogens with one attached hydrogen (secondary N) is 2. The zero-order chi connectivity index (χ0) is 15.4. The highest BCUT2D eigenvalue weighted by Gasteiger charge is 2.36. The minimum Gasteiger partial charge on any atom is -0.376 e. The summed E-state index contributed by atoms with van der Waals surface area (Å²) in [6.07, 6.45) is 6.37. The van der Waals surface area contributed by atoms with Crippen molar-refractivity contribution in [1.29, 1.82) is 0 Å². The van der Waals surface area contributed by atoms with Crippen molar-refractivity contribution < 1.29 is 14.3 Å². The Morgan fingerprint density at radius 2 is 1.90 bits per heavy atom. The Hall–Kier alpha value is -1.10. The van der Waals surface area contributed by atoms with E-state index in [9.17, 15) is 9.59 Å². The van der Waals surface area contributed by atoms with Gasteiger partial charge in [-0.3, -0.25) is 9.59 Å². The van der Waals surface area contributed by atoms with E-state index in [1.807, 2.05) is 6.92 Å². The van der Waals surface area contributed by atoms with Gasteiger partial charge in [-0.15, -0.1) is 0 Å². The number of likely N-dealkylation sites (N-methyl/N-ethyl adjacent to an activating group) is 1. The Bertz CT molecular complexity index is 378. The van der Waals surface area contributed by atoms with Crippen molar-refractivity contribution >= 4 is 11.8 Å². The van der Waals surface area contributed by atoms with Crippen LogP contribution in [0, 0.1) is 17.8 Å². The van der Waals surface area contributed by atoms with E-state index in [0.29, 0.717) is 12.5 Å². The van der Waals surface area contributed by atoms with Crippen molar-refractivity contribution in [1.82, 2.24) is 10.6 Å². The predicted molar refractivity (Wildman–Crippen MR) is 80.6 cm³/mol. The molecule has 0 aromatic rings. The van der Waals surface area contributed by atoms with Gasteiger partial charge in [-0.2, -0.15) is 0 Å². The molecular weight excluding hydrogens is 268 g/mol. The molecule has 0 aromatic heterocycles. The Labute approximate surface area is 127 Å². The number of hydrogen-bond donors (Lipinski definition) is 2. The highest BCUT2D eigenvalue weighted by Crippen LogP contribution is 2.45. The molecule has 0 saturated heterocycles. The molecular formula is C16H28N2O3. The van der Waals surface area contributed by atoms with E-state index in [0.717, 1.165) is 11.8 Å². The topological polar surface area (TPSA) is 67.4 Å². The quantitative estimate of drug-likeness (QED) is 0.780. The number of hydrogen-bond acceptors (Lipinski definition) is 3. The minimum absolute atomic E-state index is 0.206. The van der Waals surface area contributed by atoms with E-state index >= 15 is 0 Å². The third kappa shape index (κ3) is 4.19. The second-order valence-electron chi connectivity index (χ2n) is 6.61. The summed E-state index contributed by atoms with van der Waals surface area (Å²) in [5.74, 6) is 1.88. The second-order valence-corrected chi connectivity index (χ2v) is 6.61. The molecule has 3 aliphatic rings. The first-order chi connectivity index (χ1) is 10.0. The molecule has 3 saturated carbocycles. The van der Waals surface area contributed by atoms with Crippen LogP contribution < -0.4 is 10.6 Å². The van der Waals surface area contributed by atoms with Gasteiger partial charge in [0.2, 0.25) is 11.8 Å². The molecule has 3 rings (SSSR count). The molecule has 5 heteroatoms. The molecule has 2 N–H and O–H groups in total. The third-order valence-electron chi connectivity index (χ3n) is 5.12. The molecule has 3 aliphatic carbocycles. The fraction of sp³-hybridized carbons (Fsp3) is 0.875. The lowest BCUT2D eigenvalue weighted by Gasteiger charge is -2.42. The molecule has 120 valence electrons. The van der Waals surface area contributed by atoms with Crippen LogP contribution in [0.2, 0.25) is 0 Å². The molecule has 0 spiro atoms. The Balaban J connectivity index is 1.85. The normalized spacial score (nSPS) is 30.5. The van der Waals surface area contributed by atoms with Gasteiger partial charge in [0, 0.05) is 14.0 Å². The van der Waals surface area contributed by atoms with Gasteiger partial charge in [-0.25, -0.2) is 0 Å². The van der Waals surface area contributed by atoms with Gasteiger partial charge in [0.1, 0.15) is 6.04 Å². The molecule has 2 bridgehead atoms. The molecule has 3 fully saturated rings. The highest BCUT2D eigenvalue weighted by molar-refractivity contribution is 5.87. The van der Waals surface area contributed by atoms with Crippen molar-refractivity contribution in [3.8, 4) is 0 Å². The number of fused-ring (bicyclic) bond motifs is 3. The second kappa shape index (κ2) is 7.25. The summed E-state index contributed by atoms with van der Waals surface area (Å²) >= 11 is 0. The number of carbonyl (C=O) groups excluding carboxylic acids is 2. The summed E-state index contributed by atoms with van der Waals surface area (Å²) in [7, 11) is 1.57. The summed E-state index contributed by atoms with van der Waals surface area (Å²) < 4.78 is 5.94. The summed E-state index contributed by atoms with van der Waals surface area (Å²) in [6, 6.07) is -0.617. The molecule has 0 aliphatic heterocycles. The lowest BCUT2D eigenvalue weighted by Crippen LogP contribution is -2.52. The zero-order valence-corrected chi connectivity index (χ0v) is 13.4. The number of carbonyl (C=O) groups is 2. The monoisotopic (exact) mass is 296 g/mol. The average molecular weight is 296 g/mol. The standard InChI is InChI=1S/C16H28N2O3/c1-10(15(16(20)17-3)18-11(2)19)21-9-14-8-12-4-6-13(14)7-5-12/h10,12-15H,4-9H2,1-3H3,(H,17,20)(H,18,19). The first-order valence-electron chi connectivity index (χ1n) is 8.11. The van der Waals surface area contributed by atoms with Crippen molar-refractivity contribution in [3.63, 3.8) is 0 Å². The smallest absolute Gasteiger partial charge is 0.245 e. The summed E-state index contributed by atoms with van der Waals surface area (Å²) in [6.45, 7) is 3.98. The fourth-order valence-corrected chi connectivity index (χ4v) is 3.86. The lowest BCUT2D eigenvalue weighted by molar-refractivity contribution is -0.132. The van der Waals surface area contributed by atoms with Crippen LogP contribution in [-0.4, -0.2) is 37.6 Å². The van der Waals surface area contributed by atoms with E-state index in [1.165, 1.54) is 39.0 Å². The van der Waals surface area contributed by atoms with E-state index in [4.69, 9.17) is 4.74 Å². The first-order valence-corrected chi connectivity index (χ1v) is 8.11. The Morgan fingerprint density at radius 3 is 2.38 bits per heavy atom. The molecule has 0 radical (unpaired) electrons. The van der Waals surface area contributed by atoms with Gasteiger partial charge in [0.05, 0.1) is 12.7 Å². The van der Waals surface area contributed by atoms with Crippen LogP contribution in [0.4, 0.5) is 0 Å². The van der Waals surface area contributed by atoms with Crippen LogP contribution >= 0.6 is 0 Å². The maximum Gasteiger partial charge on any atom is 0.245 e. The van der Waals surface area contributed by atoms with Crippen molar-refractivity contribution in [3.05, 3.63) is 0 Å². The van der Waals surface area contributed by atoms with Gasteiger partial charge in [-0.1, -0.05) is 12.8 Å². The summed E-state index contributed by atoms with van der Waals surface area (Å²) in [5, 5.41) is 5.26. The van der Waals surface area contributed by atoms with Gasteiger partial charge >= 0.3 is 0 Å². The molecule has 2 amide bonds. The lowest BCUT2D eigenvalue weighted by atomic mass is 9.65. The van der Waals surface area contributed by atoms with Crippen molar-refractivity contribution in [2.75, 3.05) is 13.7 Å². The van der Waals surface area contributed by atoms with Crippen LogP contribution in [-0.2, 0) is 14.3 Å². The van der Waals surface area contributed by atoms with Crippen LogP contribution in [0.1, 0.15) is 46.0 Å². The molecule has 5 nitrogen and oxygen atoms in total. The maximum absolute atomic E-state index is 11.9. The Morgan fingerprint density at radius 1 is 1.24 bits per heavy atom. The minimum atomic E-state index is -0.617. The summed E-state index contributed by atoms with van der Waals surface area (Å²) in [4.78, 5) is 23.1. The van der Waals surface area contributed by atoms with Gasteiger partial charge in [-0.05, 0) is 43.9 Å². The van der Waals surface area contributed by atoms with E-state index in [1.54, 1.807) is 7.05 Å². The molecule has 0 aromatic carbocycles. The zero-order valence-electron chi connectivity index (χ0n) is 13.4. The van der Waals surface area contributed by atoms with Gasteiger partial charge < -0.3 is 15.4 Å². The first kappa shape index (κ1) is 16.3. The van der Waals surface area contributed by atoms with E-state index in [-0.39, 0.29) is 17.9 Å². The van der Waals surface area contributed by atoms with Crippen LogP contribution in [0.3, 0.4) is 0 Å².